The summed E-state index contributed by atoms with van der Waals surface area (Å²) in [6.07, 6.45) is 2.92. The predicted octanol–water partition coefficient (Wildman–Crippen LogP) is 4.71. The van der Waals surface area contributed by atoms with Gasteiger partial charge in [0, 0.05) is 11.6 Å². The normalized spacial score (nSPS) is 12.2. The second-order valence-electron chi connectivity index (χ2n) is 8.20. The smallest absolute Gasteiger partial charge is 0.251 e. The fourth-order valence-electron chi connectivity index (χ4n) is 3.45. The number of carbonyl (C=O) groups is 1. The number of aryl methyl sites for hydroxylation is 2. The highest BCUT2D eigenvalue weighted by Gasteiger charge is 2.19. The van der Waals surface area contributed by atoms with Crippen LogP contribution in [-0.2, 0) is 23.0 Å². The Morgan fingerprint density at radius 3 is 2.12 bits per heavy atom. The van der Waals surface area contributed by atoms with Crippen molar-refractivity contribution in [3.05, 3.63) is 101 Å². The van der Waals surface area contributed by atoms with E-state index in [2.05, 4.69) is 17.4 Å². The van der Waals surface area contributed by atoms with Gasteiger partial charge < -0.3 is 5.32 Å². The topological polar surface area (TPSA) is 66.5 Å². The van der Waals surface area contributed by atoms with Crippen LogP contribution in [0.25, 0.3) is 0 Å². The van der Waals surface area contributed by atoms with Gasteiger partial charge in [-0.05, 0) is 62.1 Å². The average molecular weight is 451 g/mol. The Kier molecular flexibility index (Phi) is 7.70. The highest BCUT2D eigenvalue weighted by atomic mass is 32.2. The summed E-state index contributed by atoms with van der Waals surface area (Å²) in [6.45, 7) is 4.22. The summed E-state index contributed by atoms with van der Waals surface area (Å²) in [7, 11) is -3.48. The summed E-state index contributed by atoms with van der Waals surface area (Å²) in [5.41, 5.74) is 4.29. The van der Waals surface area contributed by atoms with Crippen molar-refractivity contribution in [2.75, 3.05) is 10.6 Å². The Labute approximate surface area is 191 Å². The van der Waals surface area contributed by atoms with Crippen molar-refractivity contribution in [2.24, 2.45) is 0 Å². The summed E-state index contributed by atoms with van der Waals surface area (Å²) in [5.74, 6) is -0.165. The minimum Gasteiger partial charge on any atom is -0.350 e. The number of benzene rings is 3. The number of hydrogen-bond acceptors (Lipinski definition) is 3. The summed E-state index contributed by atoms with van der Waals surface area (Å²) in [4.78, 5) is 12.6. The van der Waals surface area contributed by atoms with Gasteiger partial charge in [0.2, 0.25) is 10.0 Å². The molecule has 0 spiro atoms. The van der Waals surface area contributed by atoms with E-state index in [0.717, 1.165) is 24.0 Å². The van der Waals surface area contributed by atoms with Crippen molar-refractivity contribution < 1.29 is 13.2 Å². The summed E-state index contributed by atoms with van der Waals surface area (Å²) in [6, 6.07) is 24.7. The molecule has 0 radical (unpaired) electrons. The fraction of sp³-hybridized carbons (Fsp3) is 0.269. The predicted molar refractivity (Wildman–Crippen MR) is 130 cm³/mol. The summed E-state index contributed by atoms with van der Waals surface area (Å²) >= 11 is 0. The first-order valence-corrected chi connectivity index (χ1v) is 12.6. The third kappa shape index (κ3) is 6.69. The van der Waals surface area contributed by atoms with Gasteiger partial charge in [0.15, 0.2) is 0 Å². The molecule has 0 aliphatic rings. The molecule has 6 heteroatoms. The van der Waals surface area contributed by atoms with Gasteiger partial charge in [0.25, 0.3) is 5.91 Å². The Hall–Kier alpha value is -3.12. The maximum atomic E-state index is 12.6. The SMILES string of the molecule is Cc1ccc(CN(c2ccc(C(=O)N[C@@H](C)CCc3ccccc3)cc2)S(C)(=O)=O)cc1. The number of nitrogens with one attached hydrogen (secondary N) is 1. The van der Waals surface area contributed by atoms with E-state index >= 15 is 0 Å². The van der Waals surface area contributed by atoms with Crippen LogP contribution in [0.5, 0.6) is 0 Å². The Bertz CT molecular complexity index is 1130. The van der Waals surface area contributed by atoms with E-state index in [9.17, 15) is 13.2 Å². The summed E-state index contributed by atoms with van der Waals surface area (Å²) < 4.78 is 26.2. The van der Waals surface area contributed by atoms with Gasteiger partial charge in [-0.1, -0.05) is 60.2 Å². The molecule has 0 aromatic heterocycles. The monoisotopic (exact) mass is 450 g/mol. The van der Waals surface area contributed by atoms with Crippen molar-refractivity contribution in [3.63, 3.8) is 0 Å². The first-order valence-electron chi connectivity index (χ1n) is 10.7. The molecule has 3 rings (SSSR count). The quantitative estimate of drug-likeness (QED) is 0.513. The lowest BCUT2D eigenvalue weighted by Gasteiger charge is -2.23. The van der Waals surface area contributed by atoms with Gasteiger partial charge in [0.05, 0.1) is 18.5 Å². The molecule has 1 amide bonds. The van der Waals surface area contributed by atoms with Gasteiger partial charge in [-0.25, -0.2) is 8.42 Å². The lowest BCUT2D eigenvalue weighted by molar-refractivity contribution is 0.0938. The van der Waals surface area contributed by atoms with Crippen molar-refractivity contribution >= 4 is 21.6 Å². The third-order valence-electron chi connectivity index (χ3n) is 5.35. The van der Waals surface area contributed by atoms with Gasteiger partial charge in [-0.15, -0.1) is 0 Å². The molecule has 1 N–H and O–H groups in total. The van der Waals surface area contributed by atoms with E-state index in [-0.39, 0.29) is 18.5 Å². The summed E-state index contributed by atoms with van der Waals surface area (Å²) in [5, 5.41) is 3.02. The van der Waals surface area contributed by atoms with Crippen LogP contribution in [0.4, 0.5) is 5.69 Å². The van der Waals surface area contributed by atoms with Gasteiger partial charge in [-0.3, -0.25) is 9.10 Å². The standard InChI is InChI=1S/C26H30N2O3S/c1-20-9-12-23(13-10-20)19-28(32(3,30)31)25-17-15-24(16-18-25)26(29)27-21(2)11-14-22-7-5-4-6-8-22/h4-10,12-13,15-18,21H,11,14,19H2,1-3H3,(H,27,29)/t21-/m0/s1. The van der Waals surface area contributed by atoms with Crippen molar-refractivity contribution in [1.82, 2.24) is 5.32 Å². The second-order valence-corrected chi connectivity index (χ2v) is 10.1. The van der Waals surface area contributed by atoms with E-state index in [1.165, 1.54) is 16.1 Å². The molecule has 3 aromatic rings. The molecule has 168 valence electrons. The van der Waals surface area contributed by atoms with Crippen molar-refractivity contribution in [3.8, 4) is 0 Å². The number of carbonyl (C=O) groups excluding carboxylic acids is 1. The van der Waals surface area contributed by atoms with Crippen LogP contribution >= 0.6 is 0 Å². The van der Waals surface area contributed by atoms with Crippen LogP contribution in [0.3, 0.4) is 0 Å². The number of hydrogen-bond donors (Lipinski definition) is 1. The number of rotatable bonds is 9. The minimum absolute atomic E-state index is 0.0245. The maximum Gasteiger partial charge on any atom is 0.251 e. The second kappa shape index (κ2) is 10.5. The molecule has 1 atom stereocenters. The highest BCUT2D eigenvalue weighted by Crippen LogP contribution is 2.21. The van der Waals surface area contributed by atoms with Crippen LogP contribution in [0.1, 0.15) is 40.4 Å². The Morgan fingerprint density at radius 2 is 1.53 bits per heavy atom. The van der Waals surface area contributed by atoms with Crippen LogP contribution in [0.2, 0.25) is 0 Å². The van der Waals surface area contributed by atoms with Crippen LogP contribution in [-0.4, -0.2) is 26.6 Å². The molecular formula is C26H30N2O3S. The van der Waals surface area contributed by atoms with Crippen molar-refractivity contribution in [1.29, 1.82) is 0 Å². The van der Waals surface area contributed by atoms with Gasteiger partial charge in [-0.2, -0.15) is 0 Å². The fourth-order valence-corrected chi connectivity index (χ4v) is 4.33. The van der Waals surface area contributed by atoms with Crippen LogP contribution in [0, 0.1) is 6.92 Å². The van der Waals surface area contributed by atoms with E-state index in [0.29, 0.717) is 11.3 Å². The molecule has 5 nitrogen and oxygen atoms in total. The molecular weight excluding hydrogens is 420 g/mol. The molecule has 0 aliphatic heterocycles. The van der Waals surface area contributed by atoms with E-state index in [1.54, 1.807) is 24.3 Å². The highest BCUT2D eigenvalue weighted by molar-refractivity contribution is 7.92. The number of nitrogens with zero attached hydrogens (tertiary/aromatic N) is 1. The van der Waals surface area contributed by atoms with E-state index in [4.69, 9.17) is 0 Å². The first kappa shape index (κ1) is 23.5. The Morgan fingerprint density at radius 1 is 0.906 bits per heavy atom. The molecule has 0 fully saturated rings. The molecule has 0 bridgehead atoms. The lowest BCUT2D eigenvalue weighted by atomic mass is 10.1. The van der Waals surface area contributed by atoms with Gasteiger partial charge >= 0.3 is 0 Å². The molecule has 0 aliphatic carbocycles. The minimum atomic E-state index is -3.48. The molecule has 32 heavy (non-hydrogen) atoms. The van der Waals surface area contributed by atoms with Crippen molar-refractivity contribution in [2.45, 2.75) is 39.3 Å². The average Bonchev–Trinajstić information content (AvgIpc) is 2.77. The first-order chi connectivity index (χ1) is 15.2. The number of sulfonamides is 1. The van der Waals surface area contributed by atoms with Crippen LogP contribution in [0.15, 0.2) is 78.9 Å². The largest absolute Gasteiger partial charge is 0.350 e. The third-order valence-corrected chi connectivity index (χ3v) is 6.49. The van der Waals surface area contributed by atoms with Gasteiger partial charge in [0.1, 0.15) is 0 Å². The van der Waals surface area contributed by atoms with E-state index < -0.39 is 10.0 Å². The molecule has 0 saturated carbocycles. The molecule has 3 aromatic carbocycles. The molecule has 0 unspecified atom stereocenters. The molecule has 0 saturated heterocycles. The maximum absolute atomic E-state index is 12.6. The zero-order chi connectivity index (χ0) is 23.1. The van der Waals surface area contributed by atoms with Crippen LogP contribution < -0.4 is 9.62 Å². The zero-order valence-electron chi connectivity index (χ0n) is 18.8. The lowest BCUT2D eigenvalue weighted by Crippen LogP contribution is -2.33. The Balaban J connectivity index is 1.64. The molecule has 0 heterocycles. The number of amides is 1. The number of anilines is 1. The zero-order valence-corrected chi connectivity index (χ0v) is 19.6. The van der Waals surface area contributed by atoms with E-state index in [1.807, 2.05) is 56.3 Å².